The number of hydrogen-bond acceptors (Lipinski definition) is 5. The summed E-state index contributed by atoms with van der Waals surface area (Å²) >= 11 is 0. The maximum atomic E-state index is 11.6. The predicted molar refractivity (Wildman–Crippen MR) is 94.9 cm³/mol. The third-order valence-electron chi connectivity index (χ3n) is 3.41. The van der Waals surface area contributed by atoms with Crippen LogP contribution in [-0.2, 0) is 11.3 Å². The number of phenols is 1. The van der Waals surface area contributed by atoms with Gasteiger partial charge in [0.25, 0.3) is 0 Å². The lowest BCUT2D eigenvalue weighted by Gasteiger charge is -2.10. The van der Waals surface area contributed by atoms with Crippen LogP contribution in [0.2, 0.25) is 0 Å². The summed E-state index contributed by atoms with van der Waals surface area (Å²) in [6.45, 7) is 0.464. The van der Waals surface area contributed by atoms with Crippen molar-refractivity contribution in [2.75, 3.05) is 20.8 Å². The van der Waals surface area contributed by atoms with Crippen molar-refractivity contribution >= 4 is 12.2 Å². The van der Waals surface area contributed by atoms with Gasteiger partial charge in [0.15, 0.2) is 0 Å². The third-order valence-corrected chi connectivity index (χ3v) is 3.41. The number of ether oxygens (including phenoxy) is 3. The highest BCUT2D eigenvalue weighted by atomic mass is 16.5. The Labute approximate surface area is 146 Å². The van der Waals surface area contributed by atoms with Crippen LogP contribution in [0.4, 0.5) is 4.79 Å². The minimum absolute atomic E-state index is 0.0269. The van der Waals surface area contributed by atoms with Gasteiger partial charge in [0.2, 0.25) is 0 Å². The SMILES string of the molecule is COc1cc(O)c(C=CCNC(=O)OCc2ccccc2)c(OC)c1. The van der Waals surface area contributed by atoms with Gasteiger partial charge in [-0.05, 0) is 11.6 Å². The fraction of sp³-hybridized carbons (Fsp3) is 0.211. The molecule has 2 N–H and O–H groups in total. The second-order valence-corrected chi connectivity index (χ2v) is 5.11. The second kappa shape index (κ2) is 9.22. The van der Waals surface area contributed by atoms with Crippen LogP contribution in [0.1, 0.15) is 11.1 Å². The Bertz CT molecular complexity index is 728. The van der Waals surface area contributed by atoms with E-state index in [1.165, 1.54) is 20.3 Å². The molecule has 0 aliphatic carbocycles. The first-order valence-electron chi connectivity index (χ1n) is 7.70. The molecule has 0 aliphatic heterocycles. The van der Waals surface area contributed by atoms with Crippen molar-refractivity contribution in [3.05, 3.63) is 59.7 Å². The van der Waals surface area contributed by atoms with Crippen molar-refractivity contribution in [3.63, 3.8) is 0 Å². The summed E-state index contributed by atoms with van der Waals surface area (Å²) in [6.07, 6.45) is 2.83. The number of carbonyl (C=O) groups excluding carboxylic acids is 1. The molecule has 0 atom stereocenters. The van der Waals surface area contributed by atoms with Crippen LogP contribution in [0.15, 0.2) is 48.5 Å². The first-order valence-corrected chi connectivity index (χ1v) is 7.70. The standard InChI is InChI=1S/C19H21NO5/c1-23-15-11-17(21)16(18(12-15)24-2)9-6-10-20-19(22)25-13-14-7-4-3-5-8-14/h3-9,11-12,21H,10,13H2,1-2H3,(H,20,22). The predicted octanol–water partition coefficient (Wildman–Crippen LogP) is 3.35. The summed E-state index contributed by atoms with van der Waals surface area (Å²) < 4.78 is 15.4. The quantitative estimate of drug-likeness (QED) is 0.806. The Balaban J connectivity index is 1.85. The summed E-state index contributed by atoms with van der Waals surface area (Å²) in [5.41, 5.74) is 1.42. The lowest BCUT2D eigenvalue weighted by Crippen LogP contribution is -2.24. The topological polar surface area (TPSA) is 77.0 Å². The largest absolute Gasteiger partial charge is 0.507 e. The summed E-state index contributed by atoms with van der Waals surface area (Å²) in [6, 6.07) is 12.6. The molecule has 132 valence electrons. The minimum Gasteiger partial charge on any atom is -0.507 e. The zero-order valence-corrected chi connectivity index (χ0v) is 14.2. The fourth-order valence-corrected chi connectivity index (χ4v) is 2.13. The van der Waals surface area contributed by atoms with E-state index in [2.05, 4.69) is 5.32 Å². The van der Waals surface area contributed by atoms with Crippen LogP contribution in [0.25, 0.3) is 6.08 Å². The third kappa shape index (κ3) is 5.46. The van der Waals surface area contributed by atoms with Gasteiger partial charge in [-0.3, -0.25) is 0 Å². The van der Waals surface area contributed by atoms with E-state index >= 15 is 0 Å². The number of amides is 1. The number of benzene rings is 2. The van der Waals surface area contributed by atoms with E-state index < -0.39 is 6.09 Å². The molecule has 2 aromatic carbocycles. The van der Waals surface area contributed by atoms with E-state index in [0.29, 0.717) is 17.1 Å². The van der Waals surface area contributed by atoms with E-state index in [0.717, 1.165) is 5.56 Å². The molecular formula is C19H21NO5. The van der Waals surface area contributed by atoms with Gasteiger partial charge in [-0.15, -0.1) is 0 Å². The smallest absolute Gasteiger partial charge is 0.407 e. The number of aromatic hydroxyl groups is 1. The van der Waals surface area contributed by atoms with Gasteiger partial charge < -0.3 is 24.6 Å². The molecule has 1 amide bonds. The Morgan fingerprint density at radius 1 is 1.16 bits per heavy atom. The summed E-state index contributed by atoms with van der Waals surface area (Å²) in [7, 11) is 3.01. The van der Waals surface area contributed by atoms with Crippen molar-refractivity contribution < 1.29 is 24.1 Å². The number of rotatable bonds is 7. The highest BCUT2D eigenvalue weighted by Gasteiger charge is 2.09. The van der Waals surface area contributed by atoms with E-state index in [4.69, 9.17) is 14.2 Å². The molecule has 0 aromatic heterocycles. The van der Waals surface area contributed by atoms with Crippen molar-refractivity contribution in [1.29, 1.82) is 0 Å². The van der Waals surface area contributed by atoms with Gasteiger partial charge in [-0.25, -0.2) is 4.79 Å². The highest BCUT2D eigenvalue weighted by Crippen LogP contribution is 2.34. The van der Waals surface area contributed by atoms with Crippen molar-refractivity contribution in [2.24, 2.45) is 0 Å². The molecule has 0 fully saturated rings. The van der Waals surface area contributed by atoms with Gasteiger partial charge >= 0.3 is 6.09 Å². The van der Waals surface area contributed by atoms with Crippen LogP contribution in [0.3, 0.4) is 0 Å². The average molecular weight is 343 g/mol. The first kappa shape index (κ1) is 18.2. The summed E-state index contributed by atoms with van der Waals surface area (Å²) in [5, 5.41) is 12.6. The molecule has 6 nitrogen and oxygen atoms in total. The van der Waals surface area contributed by atoms with Crippen LogP contribution < -0.4 is 14.8 Å². The van der Waals surface area contributed by atoms with Gasteiger partial charge in [-0.1, -0.05) is 36.4 Å². The fourth-order valence-electron chi connectivity index (χ4n) is 2.13. The zero-order valence-electron chi connectivity index (χ0n) is 14.2. The Hall–Kier alpha value is -3.15. The van der Waals surface area contributed by atoms with Crippen molar-refractivity contribution in [3.8, 4) is 17.2 Å². The molecule has 0 unspecified atom stereocenters. The molecule has 0 aliphatic rings. The molecule has 6 heteroatoms. The molecule has 0 saturated carbocycles. The maximum absolute atomic E-state index is 11.6. The van der Waals surface area contributed by atoms with Crippen LogP contribution in [0, 0.1) is 0 Å². The Morgan fingerprint density at radius 3 is 2.60 bits per heavy atom. The number of hydrogen-bond donors (Lipinski definition) is 2. The molecule has 0 radical (unpaired) electrons. The lowest BCUT2D eigenvalue weighted by atomic mass is 10.1. The van der Waals surface area contributed by atoms with Crippen LogP contribution in [-0.4, -0.2) is 32.0 Å². The first-order chi connectivity index (χ1) is 12.1. The van der Waals surface area contributed by atoms with Gasteiger partial charge in [0, 0.05) is 18.7 Å². The van der Waals surface area contributed by atoms with E-state index in [1.807, 2.05) is 30.3 Å². The van der Waals surface area contributed by atoms with E-state index in [9.17, 15) is 9.90 Å². The monoisotopic (exact) mass is 343 g/mol. The molecule has 0 heterocycles. The molecule has 0 bridgehead atoms. The van der Waals surface area contributed by atoms with Crippen LogP contribution in [0.5, 0.6) is 17.2 Å². The average Bonchev–Trinajstić information content (AvgIpc) is 2.64. The number of carbonyl (C=O) groups is 1. The van der Waals surface area contributed by atoms with Crippen molar-refractivity contribution in [2.45, 2.75) is 6.61 Å². The van der Waals surface area contributed by atoms with Crippen LogP contribution >= 0.6 is 0 Å². The number of phenolic OH excluding ortho intramolecular Hbond substituents is 1. The zero-order chi connectivity index (χ0) is 18.1. The highest BCUT2D eigenvalue weighted by molar-refractivity contribution is 5.69. The molecular weight excluding hydrogens is 322 g/mol. The molecule has 25 heavy (non-hydrogen) atoms. The summed E-state index contributed by atoms with van der Waals surface area (Å²) in [4.78, 5) is 11.6. The van der Waals surface area contributed by atoms with E-state index in [-0.39, 0.29) is 18.9 Å². The molecule has 0 spiro atoms. The normalized spacial score (nSPS) is 10.5. The maximum Gasteiger partial charge on any atom is 0.407 e. The van der Waals surface area contributed by atoms with E-state index in [1.54, 1.807) is 18.2 Å². The molecule has 0 saturated heterocycles. The minimum atomic E-state index is -0.514. The lowest BCUT2D eigenvalue weighted by molar-refractivity contribution is 0.141. The Kier molecular flexibility index (Phi) is 6.71. The van der Waals surface area contributed by atoms with Crippen molar-refractivity contribution in [1.82, 2.24) is 5.32 Å². The van der Waals surface area contributed by atoms with Gasteiger partial charge in [0.05, 0.1) is 19.8 Å². The summed E-state index contributed by atoms with van der Waals surface area (Å²) in [5.74, 6) is 0.993. The molecule has 2 rings (SSSR count). The number of methoxy groups -OCH3 is 2. The Morgan fingerprint density at radius 2 is 1.92 bits per heavy atom. The number of nitrogens with one attached hydrogen (secondary N) is 1. The van der Waals surface area contributed by atoms with Gasteiger partial charge in [0.1, 0.15) is 23.9 Å². The number of alkyl carbamates (subject to hydrolysis) is 1. The molecule has 2 aromatic rings. The second-order valence-electron chi connectivity index (χ2n) is 5.11. The van der Waals surface area contributed by atoms with Gasteiger partial charge in [-0.2, -0.15) is 0 Å².